The van der Waals surface area contributed by atoms with E-state index < -0.39 is 0 Å². The second-order valence-electron chi connectivity index (χ2n) is 4.28. The molecule has 2 N–H and O–H groups in total. The van der Waals surface area contributed by atoms with Crippen molar-refractivity contribution in [1.82, 2.24) is 9.78 Å². The Labute approximate surface area is 95.9 Å². The molecule has 1 aromatic carbocycles. The van der Waals surface area contributed by atoms with Crippen LogP contribution in [0.15, 0.2) is 36.7 Å². The molecule has 0 radical (unpaired) electrons. The second kappa shape index (κ2) is 4.49. The minimum Gasteiger partial charge on any atom is -0.328 e. The predicted molar refractivity (Wildman–Crippen MR) is 66.0 cm³/mol. The smallest absolute Gasteiger partial charge is 0.0568 e. The van der Waals surface area contributed by atoms with Crippen LogP contribution in [0.25, 0.3) is 11.1 Å². The Bertz CT molecular complexity index is 472. The highest BCUT2D eigenvalue weighted by Gasteiger charge is 2.02. The van der Waals surface area contributed by atoms with E-state index in [0.29, 0.717) is 0 Å². The fourth-order valence-corrected chi connectivity index (χ4v) is 1.82. The lowest BCUT2D eigenvalue weighted by Gasteiger charge is -2.06. The molecule has 0 bridgehead atoms. The summed E-state index contributed by atoms with van der Waals surface area (Å²) in [5.74, 6) is 0. The van der Waals surface area contributed by atoms with Crippen LogP contribution in [0.4, 0.5) is 0 Å². The number of nitrogens with two attached hydrogens (primary N) is 1. The van der Waals surface area contributed by atoms with Gasteiger partial charge >= 0.3 is 0 Å². The average Bonchev–Trinajstić information content (AvgIpc) is 2.64. The number of benzene rings is 1. The summed E-state index contributed by atoms with van der Waals surface area (Å²) in [4.78, 5) is 0. The Balaban J connectivity index is 2.28. The monoisotopic (exact) mass is 215 g/mol. The molecule has 0 aliphatic heterocycles. The molecule has 3 heteroatoms. The number of aryl methyl sites for hydroxylation is 1. The van der Waals surface area contributed by atoms with E-state index in [0.717, 1.165) is 12.0 Å². The molecule has 0 fully saturated rings. The van der Waals surface area contributed by atoms with Crippen molar-refractivity contribution < 1.29 is 0 Å². The summed E-state index contributed by atoms with van der Waals surface area (Å²) in [5.41, 5.74) is 9.42. The second-order valence-corrected chi connectivity index (χ2v) is 4.28. The average molecular weight is 215 g/mol. The first-order valence-corrected chi connectivity index (χ1v) is 5.48. The third-order valence-electron chi connectivity index (χ3n) is 2.52. The number of hydrogen-bond acceptors (Lipinski definition) is 2. The molecule has 2 aromatic rings. The van der Waals surface area contributed by atoms with Gasteiger partial charge in [-0.25, -0.2) is 0 Å². The van der Waals surface area contributed by atoms with Crippen molar-refractivity contribution in [1.29, 1.82) is 0 Å². The largest absolute Gasteiger partial charge is 0.328 e. The summed E-state index contributed by atoms with van der Waals surface area (Å²) < 4.78 is 1.81. The van der Waals surface area contributed by atoms with E-state index in [4.69, 9.17) is 5.73 Å². The molecule has 1 atom stereocenters. The molecule has 0 aliphatic carbocycles. The van der Waals surface area contributed by atoms with Crippen molar-refractivity contribution in [3.8, 4) is 11.1 Å². The van der Waals surface area contributed by atoms with Gasteiger partial charge in [-0.05, 0) is 24.5 Å². The number of rotatable bonds is 3. The van der Waals surface area contributed by atoms with Crippen LogP contribution in [0.5, 0.6) is 0 Å². The summed E-state index contributed by atoms with van der Waals surface area (Å²) in [5, 5.41) is 4.18. The first-order chi connectivity index (χ1) is 7.65. The zero-order valence-electron chi connectivity index (χ0n) is 9.72. The van der Waals surface area contributed by atoms with Crippen molar-refractivity contribution in [3.05, 3.63) is 42.2 Å². The highest BCUT2D eigenvalue weighted by molar-refractivity contribution is 5.62. The standard InChI is InChI=1S/C13H17N3/c1-10(14)6-11-4-3-5-12(7-11)13-8-15-16(2)9-13/h3-5,7-10H,6,14H2,1-2H3/t10-/m1/s1. The summed E-state index contributed by atoms with van der Waals surface area (Å²) in [6.45, 7) is 2.02. The number of hydrogen-bond donors (Lipinski definition) is 1. The Morgan fingerprint density at radius 1 is 1.38 bits per heavy atom. The Kier molecular flexibility index (Phi) is 3.06. The zero-order valence-corrected chi connectivity index (χ0v) is 9.72. The van der Waals surface area contributed by atoms with Crippen molar-refractivity contribution in [2.45, 2.75) is 19.4 Å². The minimum atomic E-state index is 0.198. The zero-order chi connectivity index (χ0) is 11.5. The Morgan fingerprint density at radius 3 is 2.81 bits per heavy atom. The molecule has 84 valence electrons. The van der Waals surface area contributed by atoms with Gasteiger partial charge in [-0.15, -0.1) is 0 Å². The van der Waals surface area contributed by atoms with E-state index in [2.05, 4.69) is 29.4 Å². The Morgan fingerprint density at radius 2 is 2.19 bits per heavy atom. The molecule has 0 amide bonds. The third kappa shape index (κ3) is 2.49. The van der Waals surface area contributed by atoms with Gasteiger partial charge in [-0.2, -0.15) is 5.10 Å². The SMILES string of the molecule is C[C@@H](N)Cc1cccc(-c2cnn(C)c2)c1. The van der Waals surface area contributed by atoms with E-state index >= 15 is 0 Å². The van der Waals surface area contributed by atoms with E-state index in [-0.39, 0.29) is 6.04 Å². The molecule has 2 rings (SSSR count). The van der Waals surface area contributed by atoms with Gasteiger partial charge < -0.3 is 5.73 Å². The van der Waals surface area contributed by atoms with Gasteiger partial charge in [-0.1, -0.05) is 24.3 Å². The van der Waals surface area contributed by atoms with Crippen molar-refractivity contribution in [2.75, 3.05) is 0 Å². The van der Waals surface area contributed by atoms with Crippen LogP contribution < -0.4 is 5.73 Å². The fraction of sp³-hybridized carbons (Fsp3) is 0.308. The fourth-order valence-electron chi connectivity index (χ4n) is 1.82. The molecule has 0 unspecified atom stereocenters. The summed E-state index contributed by atoms with van der Waals surface area (Å²) in [6, 6.07) is 8.66. The Hall–Kier alpha value is -1.61. The van der Waals surface area contributed by atoms with Gasteiger partial charge in [0.2, 0.25) is 0 Å². The van der Waals surface area contributed by atoms with Gasteiger partial charge in [-0.3, -0.25) is 4.68 Å². The maximum atomic E-state index is 5.80. The lowest BCUT2D eigenvalue weighted by molar-refractivity contribution is 0.738. The molecule has 0 saturated heterocycles. The number of aromatic nitrogens is 2. The van der Waals surface area contributed by atoms with Crippen LogP contribution in [0, 0.1) is 0 Å². The summed E-state index contributed by atoms with van der Waals surface area (Å²) >= 11 is 0. The summed E-state index contributed by atoms with van der Waals surface area (Å²) in [6.07, 6.45) is 4.81. The van der Waals surface area contributed by atoms with Gasteiger partial charge in [0.1, 0.15) is 0 Å². The van der Waals surface area contributed by atoms with Gasteiger partial charge in [0.05, 0.1) is 6.20 Å². The van der Waals surface area contributed by atoms with E-state index in [1.807, 2.05) is 31.0 Å². The molecule has 1 heterocycles. The van der Waals surface area contributed by atoms with Crippen LogP contribution in [0.2, 0.25) is 0 Å². The lowest BCUT2D eigenvalue weighted by Crippen LogP contribution is -2.17. The normalized spacial score (nSPS) is 12.7. The third-order valence-corrected chi connectivity index (χ3v) is 2.52. The van der Waals surface area contributed by atoms with Crippen molar-refractivity contribution >= 4 is 0 Å². The van der Waals surface area contributed by atoms with Gasteiger partial charge in [0.25, 0.3) is 0 Å². The van der Waals surface area contributed by atoms with Crippen molar-refractivity contribution in [3.63, 3.8) is 0 Å². The topological polar surface area (TPSA) is 43.8 Å². The molecular weight excluding hydrogens is 198 g/mol. The lowest BCUT2D eigenvalue weighted by atomic mass is 10.0. The number of nitrogens with zero attached hydrogens (tertiary/aromatic N) is 2. The molecule has 0 spiro atoms. The van der Waals surface area contributed by atoms with Gasteiger partial charge in [0.15, 0.2) is 0 Å². The molecular formula is C13H17N3. The molecule has 1 aromatic heterocycles. The van der Waals surface area contributed by atoms with E-state index in [9.17, 15) is 0 Å². The van der Waals surface area contributed by atoms with Crippen molar-refractivity contribution in [2.24, 2.45) is 12.8 Å². The van der Waals surface area contributed by atoms with Crippen LogP contribution in [0.1, 0.15) is 12.5 Å². The first kappa shape index (κ1) is 10.9. The maximum Gasteiger partial charge on any atom is 0.0568 e. The van der Waals surface area contributed by atoms with Crippen LogP contribution >= 0.6 is 0 Å². The van der Waals surface area contributed by atoms with Gasteiger partial charge in [0, 0.05) is 24.8 Å². The highest BCUT2D eigenvalue weighted by Crippen LogP contribution is 2.19. The minimum absolute atomic E-state index is 0.198. The first-order valence-electron chi connectivity index (χ1n) is 5.48. The van der Waals surface area contributed by atoms with E-state index in [1.54, 1.807) is 0 Å². The highest BCUT2D eigenvalue weighted by atomic mass is 15.2. The predicted octanol–water partition coefficient (Wildman–Crippen LogP) is 1.98. The van der Waals surface area contributed by atoms with Crippen LogP contribution in [-0.4, -0.2) is 15.8 Å². The quantitative estimate of drug-likeness (QED) is 0.850. The molecule has 0 aliphatic rings. The molecule has 0 saturated carbocycles. The molecule has 3 nitrogen and oxygen atoms in total. The maximum absolute atomic E-state index is 5.80. The van der Waals surface area contributed by atoms with Crippen LogP contribution in [-0.2, 0) is 13.5 Å². The van der Waals surface area contributed by atoms with Crippen LogP contribution in [0.3, 0.4) is 0 Å². The van der Waals surface area contributed by atoms with E-state index in [1.165, 1.54) is 11.1 Å². The molecule has 16 heavy (non-hydrogen) atoms. The summed E-state index contributed by atoms with van der Waals surface area (Å²) in [7, 11) is 1.93.